The second-order valence-electron chi connectivity index (χ2n) is 4.89. The number of allylic oxidation sites excluding steroid dienone is 6. The molecule has 5 heteroatoms. The predicted octanol–water partition coefficient (Wildman–Crippen LogP) is 1.51. The molecule has 0 saturated carbocycles. The van der Waals surface area contributed by atoms with E-state index in [1.165, 1.54) is 9.80 Å². The first-order chi connectivity index (χ1) is 8.90. The Balaban J connectivity index is 2.48. The van der Waals surface area contributed by atoms with E-state index < -0.39 is 5.41 Å². The minimum atomic E-state index is -1.15. The molecule has 100 valence electrons. The molecule has 0 aromatic rings. The third-order valence-electron chi connectivity index (χ3n) is 3.71. The normalized spacial score (nSPS) is 23.2. The summed E-state index contributed by atoms with van der Waals surface area (Å²) in [6.45, 7) is 1.68. The monoisotopic (exact) mass is 276 g/mol. The summed E-state index contributed by atoms with van der Waals surface area (Å²) >= 11 is 5.10. The summed E-state index contributed by atoms with van der Waals surface area (Å²) in [5.41, 5.74) is -1.15. The highest BCUT2D eigenvalue weighted by Crippen LogP contribution is 2.37. The van der Waals surface area contributed by atoms with Gasteiger partial charge in [-0.1, -0.05) is 36.5 Å². The largest absolute Gasteiger partial charge is 0.291 e. The number of hydrogen-bond donors (Lipinski definition) is 0. The van der Waals surface area contributed by atoms with Crippen molar-refractivity contribution >= 4 is 29.1 Å². The van der Waals surface area contributed by atoms with Crippen molar-refractivity contribution in [2.75, 3.05) is 14.1 Å². The molecule has 0 unspecified atom stereocenters. The second-order valence-corrected chi connectivity index (χ2v) is 5.26. The average molecular weight is 276 g/mol. The van der Waals surface area contributed by atoms with Gasteiger partial charge in [0.15, 0.2) is 5.11 Å². The van der Waals surface area contributed by atoms with Crippen molar-refractivity contribution in [2.24, 2.45) is 11.3 Å². The van der Waals surface area contributed by atoms with Crippen LogP contribution in [0.25, 0.3) is 0 Å². The summed E-state index contributed by atoms with van der Waals surface area (Å²) in [6.07, 6.45) is 11.2. The number of rotatable bonds is 1. The Morgan fingerprint density at radius 3 is 1.84 bits per heavy atom. The van der Waals surface area contributed by atoms with E-state index in [9.17, 15) is 9.59 Å². The molecule has 0 aromatic heterocycles. The number of hydrogen-bond acceptors (Lipinski definition) is 3. The summed E-state index contributed by atoms with van der Waals surface area (Å²) < 4.78 is 0. The van der Waals surface area contributed by atoms with Crippen LogP contribution in [0.4, 0.5) is 0 Å². The molecule has 0 atom stereocenters. The van der Waals surface area contributed by atoms with Crippen LogP contribution in [0.1, 0.15) is 6.92 Å². The number of thiocarbonyl (C=S) groups is 1. The molecule has 19 heavy (non-hydrogen) atoms. The molecule has 0 N–H and O–H groups in total. The van der Waals surface area contributed by atoms with Crippen LogP contribution in [0.3, 0.4) is 0 Å². The van der Waals surface area contributed by atoms with Crippen LogP contribution >= 0.6 is 12.2 Å². The van der Waals surface area contributed by atoms with Gasteiger partial charge in [-0.05, 0) is 19.1 Å². The second kappa shape index (κ2) is 4.74. The highest BCUT2D eigenvalue weighted by atomic mass is 32.1. The van der Waals surface area contributed by atoms with E-state index in [4.69, 9.17) is 12.2 Å². The topological polar surface area (TPSA) is 40.6 Å². The predicted molar refractivity (Wildman–Crippen MR) is 77.2 cm³/mol. The molecule has 2 rings (SSSR count). The zero-order valence-corrected chi connectivity index (χ0v) is 12.0. The molecule has 0 radical (unpaired) electrons. The Morgan fingerprint density at radius 2 is 1.42 bits per heavy atom. The fourth-order valence-corrected chi connectivity index (χ4v) is 2.58. The first-order valence-corrected chi connectivity index (χ1v) is 6.43. The Hall–Kier alpha value is -1.75. The molecule has 0 aromatic carbocycles. The molecule has 0 spiro atoms. The Labute approximate surface area is 118 Å². The molecular formula is C14H16N2O2S. The Kier molecular flexibility index (Phi) is 3.41. The summed E-state index contributed by atoms with van der Waals surface area (Å²) in [5, 5.41) is 0.243. The van der Waals surface area contributed by atoms with Gasteiger partial charge < -0.3 is 0 Å². The van der Waals surface area contributed by atoms with Gasteiger partial charge in [-0.25, -0.2) is 0 Å². The van der Waals surface area contributed by atoms with Crippen molar-refractivity contribution in [3.63, 3.8) is 0 Å². The van der Waals surface area contributed by atoms with Crippen molar-refractivity contribution in [3.8, 4) is 0 Å². The number of nitrogens with zero attached hydrogens (tertiary/aromatic N) is 2. The fourth-order valence-electron chi connectivity index (χ4n) is 2.42. The Morgan fingerprint density at radius 1 is 1.00 bits per heavy atom. The lowest BCUT2D eigenvalue weighted by Gasteiger charge is -2.43. The minimum absolute atomic E-state index is 0.243. The van der Waals surface area contributed by atoms with Gasteiger partial charge in [0.2, 0.25) is 11.8 Å². The highest BCUT2D eigenvalue weighted by molar-refractivity contribution is 7.80. The third-order valence-corrected chi connectivity index (χ3v) is 4.26. The fraction of sp³-hybridized carbons (Fsp3) is 0.357. The molecular weight excluding hydrogens is 260 g/mol. The maximum absolute atomic E-state index is 12.5. The van der Waals surface area contributed by atoms with Gasteiger partial charge in [0.25, 0.3) is 0 Å². The van der Waals surface area contributed by atoms with E-state index in [1.807, 2.05) is 36.5 Å². The molecule has 1 aliphatic carbocycles. The zero-order chi connectivity index (χ0) is 14.2. The van der Waals surface area contributed by atoms with Crippen LogP contribution in [-0.2, 0) is 9.59 Å². The highest BCUT2D eigenvalue weighted by Gasteiger charge is 2.53. The molecule has 1 fully saturated rings. The van der Waals surface area contributed by atoms with E-state index in [2.05, 4.69) is 0 Å². The van der Waals surface area contributed by atoms with Crippen molar-refractivity contribution in [1.82, 2.24) is 9.80 Å². The average Bonchev–Trinajstić information content (AvgIpc) is 2.70. The van der Waals surface area contributed by atoms with Crippen molar-refractivity contribution in [2.45, 2.75) is 6.92 Å². The third kappa shape index (κ3) is 1.94. The first kappa shape index (κ1) is 13.7. The van der Waals surface area contributed by atoms with Crippen LogP contribution in [0.2, 0.25) is 0 Å². The number of carbonyl (C=O) groups excluding carboxylic acids is 2. The minimum Gasteiger partial charge on any atom is -0.291 e. The Bertz CT molecular complexity index is 494. The molecule has 2 aliphatic rings. The quantitative estimate of drug-likeness (QED) is 0.538. The van der Waals surface area contributed by atoms with Gasteiger partial charge in [-0.15, -0.1) is 0 Å². The molecule has 2 amide bonds. The van der Waals surface area contributed by atoms with E-state index in [1.54, 1.807) is 21.0 Å². The number of amides is 2. The lowest BCUT2D eigenvalue weighted by molar-refractivity contribution is -0.155. The van der Waals surface area contributed by atoms with Gasteiger partial charge in [-0.2, -0.15) is 0 Å². The zero-order valence-electron chi connectivity index (χ0n) is 11.2. The van der Waals surface area contributed by atoms with E-state index >= 15 is 0 Å². The lowest BCUT2D eigenvalue weighted by Crippen LogP contribution is -2.63. The maximum Gasteiger partial charge on any atom is 0.244 e. The van der Waals surface area contributed by atoms with Crippen LogP contribution in [-0.4, -0.2) is 40.8 Å². The van der Waals surface area contributed by atoms with Gasteiger partial charge >= 0.3 is 0 Å². The standard InChI is InChI=1S/C14H16N2O2S/c1-14(10-8-6-4-5-7-9-10)11(17)15(2)13(19)16(3)12(14)18/h4-10H,1-3H3. The van der Waals surface area contributed by atoms with E-state index in [0.29, 0.717) is 0 Å². The summed E-state index contributed by atoms with van der Waals surface area (Å²) in [4.78, 5) is 27.8. The van der Waals surface area contributed by atoms with Crippen LogP contribution in [0.15, 0.2) is 36.5 Å². The molecule has 1 saturated heterocycles. The SMILES string of the molecule is CN1C(=O)C(C)(C2C=CC=CC=C2)C(=O)N(C)C1=S. The van der Waals surface area contributed by atoms with E-state index in [-0.39, 0.29) is 22.8 Å². The lowest BCUT2D eigenvalue weighted by atomic mass is 9.73. The molecule has 0 bridgehead atoms. The van der Waals surface area contributed by atoms with Crippen molar-refractivity contribution < 1.29 is 9.59 Å². The van der Waals surface area contributed by atoms with Gasteiger partial charge in [0, 0.05) is 20.0 Å². The number of carbonyl (C=O) groups is 2. The van der Waals surface area contributed by atoms with Crippen molar-refractivity contribution in [1.29, 1.82) is 0 Å². The summed E-state index contributed by atoms with van der Waals surface area (Å²) in [7, 11) is 3.21. The van der Waals surface area contributed by atoms with E-state index in [0.717, 1.165) is 0 Å². The van der Waals surface area contributed by atoms with Gasteiger partial charge in [0.05, 0.1) is 0 Å². The molecule has 1 heterocycles. The van der Waals surface area contributed by atoms with Crippen LogP contribution in [0, 0.1) is 11.3 Å². The summed E-state index contributed by atoms with van der Waals surface area (Å²) in [6, 6.07) is 0. The van der Waals surface area contributed by atoms with Crippen LogP contribution in [0.5, 0.6) is 0 Å². The maximum atomic E-state index is 12.5. The van der Waals surface area contributed by atoms with Crippen LogP contribution < -0.4 is 0 Å². The first-order valence-electron chi connectivity index (χ1n) is 6.02. The smallest absolute Gasteiger partial charge is 0.244 e. The van der Waals surface area contributed by atoms with Crippen molar-refractivity contribution in [3.05, 3.63) is 36.5 Å². The summed E-state index contributed by atoms with van der Waals surface area (Å²) in [5.74, 6) is -0.806. The molecule has 1 aliphatic heterocycles. The van der Waals surface area contributed by atoms with Gasteiger partial charge in [0.1, 0.15) is 5.41 Å². The van der Waals surface area contributed by atoms with Gasteiger partial charge in [-0.3, -0.25) is 19.4 Å². The molecule has 4 nitrogen and oxygen atoms in total.